The van der Waals surface area contributed by atoms with Crippen molar-refractivity contribution >= 4 is 15.9 Å². The SMILES string of the molecule is OC1CCCn2cc(-c3cccc(Br)c3)nc21. The lowest BCUT2D eigenvalue weighted by Crippen LogP contribution is -2.14. The van der Waals surface area contributed by atoms with E-state index in [1.807, 2.05) is 30.5 Å². The van der Waals surface area contributed by atoms with E-state index in [9.17, 15) is 5.11 Å². The highest BCUT2D eigenvalue weighted by Crippen LogP contribution is 2.28. The molecule has 1 aliphatic rings. The van der Waals surface area contributed by atoms with Crippen LogP contribution in [0, 0.1) is 0 Å². The largest absolute Gasteiger partial charge is 0.385 e. The van der Waals surface area contributed by atoms with Gasteiger partial charge < -0.3 is 9.67 Å². The summed E-state index contributed by atoms with van der Waals surface area (Å²) in [5, 5.41) is 9.88. The first-order chi connectivity index (χ1) is 8.24. The maximum Gasteiger partial charge on any atom is 0.138 e. The van der Waals surface area contributed by atoms with Gasteiger partial charge in [-0.05, 0) is 25.0 Å². The number of rotatable bonds is 1. The van der Waals surface area contributed by atoms with Crippen molar-refractivity contribution in [3.63, 3.8) is 0 Å². The Bertz CT molecular complexity index is 550. The van der Waals surface area contributed by atoms with Crippen LogP contribution in [-0.2, 0) is 6.54 Å². The minimum atomic E-state index is -0.412. The van der Waals surface area contributed by atoms with Crippen molar-refractivity contribution in [2.24, 2.45) is 0 Å². The van der Waals surface area contributed by atoms with Gasteiger partial charge in [0.1, 0.15) is 11.9 Å². The second-order valence-corrected chi connectivity index (χ2v) is 5.26. The molecule has 0 saturated heterocycles. The third kappa shape index (κ3) is 2.03. The number of nitrogens with zero attached hydrogens (tertiary/aromatic N) is 2. The van der Waals surface area contributed by atoms with Gasteiger partial charge >= 0.3 is 0 Å². The molecule has 2 aromatic rings. The van der Waals surface area contributed by atoms with Crippen molar-refractivity contribution in [2.75, 3.05) is 0 Å². The van der Waals surface area contributed by atoms with Crippen molar-refractivity contribution in [1.82, 2.24) is 9.55 Å². The Morgan fingerprint density at radius 1 is 1.41 bits per heavy atom. The molecule has 17 heavy (non-hydrogen) atoms. The molecular formula is C13H13BrN2O. The molecule has 1 atom stereocenters. The number of halogens is 1. The number of imidazole rings is 1. The van der Waals surface area contributed by atoms with E-state index < -0.39 is 6.10 Å². The molecule has 2 heterocycles. The van der Waals surface area contributed by atoms with Crippen molar-refractivity contribution in [1.29, 1.82) is 0 Å². The molecule has 0 spiro atoms. The Kier molecular flexibility index (Phi) is 2.76. The Balaban J connectivity index is 2.05. The van der Waals surface area contributed by atoms with Crippen LogP contribution in [0.3, 0.4) is 0 Å². The second-order valence-electron chi connectivity index (χ2n) is 4.35. The van der Waals surface area contributed by atoms with Gasteiger partial charge in [-0.1, -0.05) is 28.1 Å². The number of hydrogen-bond donors (Lipinski definition) is 1. The molecule has 1 aromatic heterocycles. The number of fused-ring (bicyclic) bond motifs is 1. The average Bonchev–Trinajstić information content (AvgIpc) is 2.74. The maximum absolute atomic E-state index is 9.88. The number of aliphatic hydroxyl groups excluding tert-OH is 1. The number of hydrogen-bond acceptors (Lipinski definition) is 2. The number of aromatic nitrogens is 2. The molecule has 3 rings (SSSR count). The van der Waals surface area contributed by atoms with Crippen LogP contribution in [0.5, 0.6) is 0 Å². The Morgan fingerprint density at radius 2 is 2.29 bits per heavy atom. The lowest BCUT2D eigenvalue weighted by atomic mass is 10.1. The highest BCUT2D eigenvalue weighted by Gasteiger charge is 2.20. The predicted molar refractivity (Wildman–Crippen MR) is 69.6 cm³/mol. The third-order valence-corrected chi connectivity index (χ3v) is 3.60. The number of aliphatic hydroxyl groups is 1. The van der Waals surface area contributed by atoms with Crippen LogP contribution in [0.25, 0.3) is 11.3 Å². The minimum Gasteiger partial charge on any atom is -0.385 e. The monoisotopic (exact) mass is 292 g/mol. The summed E-state index contributed by atoms with van der Waals surface area (Å²) >= 11 is 3.46. The smallest absolute Gasteiger partial charge is 0.138 e. The Morgan fingerprint density at radius 3 is 3.06 bits per heavy atom. The highest BCUT2D eigenvalue weighted by molar-refractivity contribution is 9.10. The molecule has 1 N–H and O–H groups in total. The zero-order valence-corrected chi connectivity index (χ0v) is 10.9. The van der Waals surface area contributed by atoms with E-state index in [0.29, 0.717) is 0 Å². The topological polar surface area (TPSA) is 38.0 Å². The summed E-state index contributed by atoms with van der Waals surface area (Å²) in [5.74, 6) is 0.797. The van der Waals surface area contributed by atoms with E-state index in [2.05, 4.69) is 25.5 Å². The molecular weight excluding hydrogens is 280 g/mol. The first-order valence-corrected chi connectivity index (χ1v) is 6.54. The van der Waals surface area contributed by atoms with E-state index in [1.54, 1.807) is 0 Å². The number of benzene rings is 1. The third-order valence-electron chi connectivity index (χ3n) is 3.10. The van der Waals surface area contributed by atoms with Gasteiger partial charge in [-0.15, -0.1) is 0 Å². The predicted octanol–water partition coefficient (Wildman–Crippen LogP) is 3.14. The summed E-state index contributed by atoms with van der Waals surface area (Å²) in [4.78, 5) is 4.54. The summed E-state index contributed by atoms with van der Waals surface area (Å²) in [6.45, 7) is 0.952. The van der Waals surface area contributed by atoms with Gasteiger partial charge in [-0.25, -0.2) is 4.98 Å². The molecule has 1 aromatic carbocycles. The van der Waals surface area contributed by atoms with Crippen LogP contribution in [0.2, 0.25) is 0 Å². The molecule has 88 valence electrons. The second kappa shape index (κ2) is 4.27. The van der Waals surface area contributed by atoms with Crippen molar-refractivity contribution in [2.45, 2.75) is 25.5 Å². The first-order valence-electron chi connectivity index (χ1n) is 5.75. The summed E-state index contributed by atoms with van der Waals surface area (Å²) in [7, 11) is 0. The van der Waals surface area contributed by atoms with E-state index in [-0.39, 0.29) is 0 Å². The summed E-state index contributed by atoms with van der Waals surface area (Å²) in [6, 6.07) is 8.06. The van der Waals surface area contributed by atoms with Gasteiger partial charge in [0.15, 0.2) is 0 Å². The van der Waals surface area contributed by atoms with E-state index in [4.69, 9.17) is 0 Å². The lowest BCUT2D eigenvalue weighted by Gasteiger charge is -2.18. The zero-order chi connectivity index (χ0) is 11.8. The van der Waals surface area contributed by atoms with E-state index in [0.717, 1.165) is 40.9 Å². The fraction of sp³-hybridized carbons (Fsp3) is 0.308. The van der Waals surface area contributed by atoms with Gasteiger partial charge in [0, 0.05) is 22.8 Å². The number of aryl methyl sites for hydroxylation is 1. The Labute approximate surface area is 108 Å². The molecule has 0 amide bonds. The van der Waals surface area contributed by atoms with E-state index >= 15 is 0 Å². The Hall–Kier alpha value is -1.13. The molecule has 1 unspecified atom stereocenters. The summed E-state index contributed by atoms with van der Waals surface area (Å²) < 4.78 is 3.10. The standard InChI is InChI=1S/C13H13BrN2O/c14-10-4-1-3-9(7-10)11-8-16-6-2-5-12(17)13(16)15-11/h1,3-4,7-8,12,17H,2,5-6H2. The van der Waals surface area contributed by atoms with Crippen molar-refractivity contribution in [3.8, 4) is 11.3 Å². The van der Waals surface area contributed by atoms with Crippen LogP contribution < -0.4 is 0 Å². The minimum absolute atomic E-state index is 0.412. The van der Waals surface area contributed by atoms with Crippen LogP contribution in [0.1, 0.15) is 24.8 Å². The molecule has 0 radical (unpaired) electrons. The summed E-state index contributed by atoms with van der Waals surface area (Å²) in [5.41, 5.74) is 2.01. The fourth-order valence-corrected chi connectivity index (χ4v) is 2.65. The normalized spacial score (nSPS) is 19.1. The van der Waals surface area contributed by atoms with Crippen molar-refractivity contribution in [3.05, 3.63) is 40.8 Å². The first kappa shape index (κ1) is 11.0. The molecule has 4 heteroatoms. The van der Waals surface area contributed by atoms with Crippen LogP contribution in [0.15, 0.2) is 34.9 Å². The molecule has 0 aliphatic carbocycles. The fourth-order valence-electron chi connectivity index (χ4n) is 2.25. The van der Waals surface area contributed by atoms with Gasteiger partial charge in [-0.3, -0.25) is 0 Å². The van der Waals surface area contributed by atoms with Crippen LogP contribution >= 0.6 is 15.9 Å². The van der Waals surface area contributed by atoms with Crippen LogP contribution in [0.4, 0.5) is 0 Å². The molecule has 0 fully saturated rings. The van der Waals surface area contributed by atoms with Gasteiger partial charge in [-0.2, -0.15) is 0 Å². The van der Waals surface area contributed by atoms with E-state index in [1.165, 1.54) is 0 Å². The molecule has 0 saturated carbocycles. The van der Waals surface area contributed by atoms with Gasteiger partial charge in [0.2, 0.25) is 0 Å². The zero-order valence-electron chi connectivity index (χ0n) is 9.31. The molecule has 1 aliphatic heterocycles. The summed E-state index contributed by atoms with van der Waals surface area (Å²) in [6.07, 6.45) is 3.45. The molecule has 3 nitrogen and oxygen atoms in total. The van der Waals surface area contributed by atoms with Gasteiger partial charge in [0.05, 0.1) is 5.69 Å². The lowest BCUT2D eigenvalue weighted by molar-refractivity contribution is 0.134. The maximum atomic E-state index is 9.88. The average molecular weight is 293 g/mol. The van der Waals surface area contributed by atoms with Crippen LogP contribution in [-0.4, -0.2) is 14.7 Å². The quantitative estimate of drug-likeness (QED) is 0.877. The highest BCUT2D eigenvalue weighted by atomic mass is 79.9. The van der Waals surface area contributed by atoms with Crippen molar-refractivity contribution < 1.29 is 5.11 Å². The van der Waals surface area contributed by atoms with Gasteiger partial charge in [0.25, 0.3) is 0 Å². The molecule has 0 bridgehead atoms.